The number of hydrogen-bond acceptors (Lipinski definition) is 5. The lowest BCUT2D eigenvalue weighted by atomic mass is 9.91. The van der Waals surface area contributed by atoms with E-state index in [-0.39, 0.29) is 4.74 Å². The van der Waals surface area contributed by atoms with Crippen LogP contribution in [0.2, 0.25) is 0 Å². The van der Waals surface area contributed by atoms with E-state index in [1.54, 1.807) is 7.11 Å². The fraction of sp³-hybridized carbons (Fsp3) is 0.550. The average Bonchev–Trinajstić information content (AvgIpc) is 2.64. The monoisotopic (exact) mass is 394 g/mol. The predicted molar refractivity (Wildman–Crippen MR) is 114 cm³/mol. The minimum atomic E-state index is 0.172. The van der Waals surface area contributed by atoms with Gasteiger partial charge in [-0.25, -0.2) is 0 Å². The third kappa shape index (κ3) is 5.25. The summed E-state index contributed by atoms with van der Waals surface area (Å²) in [5, 5.41) is 1.35. The normalized spacial score (nSPS) is 15.7. The first-order valence-corrected chi connectivity index (χ1v) is 12.0. The van der Waals surface area contributed by atoms with E-state index in [1.807, 2.05) is 17.8 Å². The molecule has 2 heterocycles. The van der Waals surface area contributed by atoms with E-state index in [0.29, 0.717) is 5.92 Å². The standard InChI is InChI=1S/C20H26O2S3/c1-22-10-3-2-4-11-24-18-14-19(21)25-17-7-5-6-16(20(17)18)15-8-12-23-13-9-15/h5-7,14-15H,2-4,8-13H2,1H3. The third-order valence-corrected chi connectivity index (χ3v) is 7.73. The molecule has 0 N–H and O–H groups in total. The van der Waals surface area contributed by atoms with Crippen molar-refractivity contribution in [3.8, 4) is 0 Å². The molecule has 0 unspecified atom stereocenters. The van der Waals surface area contributed by atoms with Crippen LogP contribution in [0.5, 0.6) is 0 Å². The van der Waals surface area contributed by atoms with Gasteiger partial charge in [0.15, 0.2) is 0 Å². The third-order valence-electron chi connectivity index (χ3n) is 4.68. The smallest absolute Gasteiger partial charge is 0.234 e. The van der Waals surface area contributed by atoms with Gasteiger partial charge in [0.25, 0.3) is 0 Å². The first kappa shape index (κ1) is 19.3. The molecule has 1 aliphatic heterocycles. The van der Waals surface area contributed by atoms with Crippen LogP contribution in [0.25, 0.3) is 10.1 Å². The summed E-state index contributed by atoms with van der Waals surface area (Å²) in [6.07, 6.45) is 5.99. The van der Waals surface area contributed by atoms with Crippen molar-refractivity contribution >= 4 is 44.9 Å². The topological polar surface area (TPSA) is 26.3 Å². The summed E-state index contributed by atoms with van der Waals surface area (Å²) >= 11 is 5.32. The van der Waals surface area contributed by atoms with Crippen molar-refractivity contribution in [2.75, 3.05) is 31.0 Å². The summed E-state index contributed by atoms with van der Waals surface area (Å²) in [5.74, 6) is 4.23. The molecule has 1 aromatic carbocycles. The van der Waals surface area contributed by atoms with Crippen molar-refractivity contribution in [2.24, 2.45) is 0 Å². The van der Waals surface area contributed by atoms with Gasteiger partial charge in [0.05, 0.1) is 0 Å². The molecule has 136 valence electrons. The van der Waals surface area contributed by atoms with Crippen molar-refractivity contribution in [3.63, 3.8) is 0 Å². The molecular formula is C20H26O2S3. The predicted octanol–water partition coefficient (Wildman–Crippen LogP) is 5.78. The fourth-order valence-electron chi connectivity index (χ4n) is 3.38. The maximum absolute atomic E-state index is 12.2. The van der Waals surface area contributed by atoms with Crippen LogP contribution in [0.4, 0.5) is 0 Å². The molecule has 3 rings (SSSR count). The second kappa shape index (κ2) is 10.0. The molecule has 2 aromatic rings. The SMILES string of the molecule is COCCCCCSc1cc(=O)sc2cccc(C3CCSCC3)c12. The van der Waals surface area contributed by atoms with Crippen LogP contribution in [0.1, 0.15) is 43.6 Å². The van der Waals surface area contributed by atoms with Crippen LogP contribution in [0.3, 0.4) is 0 Å². The van der Waals surface area contributed by atoms with E-state index >= 15 is 0 Å². The number of benzene rings is 1. The number of fused-ring (bicyclic) bond motifs is 1. The molecule has 0 atom stereocenters. The quantitative estimate of drug-likeness (QED) is 0.419. The Bertz CT molecular complexity index is 735. The molecule has 0 amide bonds. The fourth-order valence-corrected chi connectivity index (χ4v) is 6.63. The maximum Gasteiger partial charge on any atom is 0.234 e. The molecule has 0 bridgehead atoms. The Morgan fingerprint density at radius 3 is 2.84 bits per heavy atom. The number of ether oxygens (including phenoxy) is 1. The van der Waals surface area contributed by atoms with Crippen molar-refractivity contribution in [2.45, 2.75) is 42.9 Å². The van der Waals surface area contributed by atoms with Crippen LogP contribution >= 0.6 is 34.9 Å². The zero-order valence-corrected chi connectivity index (χ0v) is 17.2. The first-order valence-electron chi connectivity index (χ1n) is 9.06. The Morgan fingerprint density at radius 2 is 2.04 bits per heavy atom. The van der Waals surface area contributed by atoms with Crippen molar-refractivity contribution in [1.29, 1.82) is 0 Å². The van der Waals surface area contributed by atoms with Gasteiger partial charge in [-0.2, -0.15) is 11.8 Å². The van der Waals surface area contributed by atoms with Gasteiger partial charge in [-0.05, 0) is 60.5 Å². The Morgan fingerprint density at radius 1 is 1.20 bits per heavy atom. The summed E-state index contributed by atoms with van der Waals surface area (Å²) in [4.78, 5) is 13.3. The number of thioether (sulfide) groups is 2. The average molecular weight is 395 g/mol. The Balaban J connectivity index is 1.81. The van der Waals surface area contributed by atoms with Gasteiger partial charge < -0.3 is 4.74 Å². The molecule has 0 spiro atoms. The van der Waals surface area contributed by atoms with Gasteiger partial charge in [-0.15, -0.1) is 11.8 Å². The van der Waals surface area contributed by atoms with Crippen LogP contribution in [-0.4, -0.2) is 31.0 Å². The zero-order chi connectivity index (χ0) is 17.5. The van der Waals surface area contributed by atoms with Gasteiger partial charge in [-0.1, -0.05) is 29.9 Å². The highest BCUT2D eigenvalue weighted by molar-refractivity contribution is 7.99. The molecule has 5 heteroatoms. The Hall–Kier alpha value is -0.490. The molecule has 1 saturated heterocycles. The highest BCUT2D eigenvalue weighted by Gasteiger charge is 2.20. The largest absolute Gasteiger partial charge is 0.385 e. The summed E-state index contributed by atoms with van der Waals surface area (Å²) in [7, 11) is 1.76. The summed E-state index contributed by atoms with van der Waals surface area (Å²) < 4.78 is 6.44. The van der Waals surface area contributed by atoms with Gasteiger partial charge >= 0.3 is 0 Å². The van der Waals surface area contributed by atoms with Crippen molar-refractivity contribution in [3.05, 3.63) is 39.4 Å². The van der Waals surface area contributed by atoms with Gasteiger partial charge in [0.1, 0.15) is 0 Å². The molecule has 0 radical (unpaired) electrons. The van der Waals surface area contributed by atoms with Crippen molar-refractivity contribution < 1.29 is 4.74 Å². The zero-order valence-electron chi connectivity index (χ0n) is 14.8. The lowest BCUT2D eigenvalue weighted by molar-refractivity contribution is 0.192. The molecule has 1 fully saturated rings. The summed E-state index contributed by atoms with van der Waals surface area (Å²) in [6, 6.07) is 8.41. The second-order valence-electron chi connectivity index (χ2n) is 6.44. The molecule has 1 aromatic heterocycles. The van der Waals surface area contributed by atoms with Crippen molar-refractivity contribution in [1.82, 2.24) is 0 Å². The lowest BCUT2D eigenvalue weighted by Gasteiger charge is -2.23. The molecule has 0 saturated carbocycles. The molecule has 2 nitrogen and oxygen atoms in total. The van der Waals surface area contributed by atoms with Crippen LogP contribution < -0.4 is 4.74 Å². The van der Waals surface area contributed by atoms with Crippen LogP contribution in [0.15, 0.2) is 34.0 Å². The van der Waals surface area contributed by atoms with E-state index < -0.39 is 0 Å². The highest BCUT2D eigenvalue weighted by Crippen LogP contribution is 2.39. The Labute approximate surface area is 162 Å². The van der Waals surface area contributed by atoms with E-state index in [9.17, 15) is 4.79 Å². The summed E-state index contributed by atoms with van der Waals surface area (Å²) in [5.41, 5.74) is 1.47. The van der Waals surface area contributed by atoms with Gasteiger partial charge in [0, 0.05) is 34.8 Å². The lowest BCUT2D eigenvalue weighted by Crippen LogP contribution is -2.09. The molecule has 0 aliphatic carbocycles. The molecular weight excluding hydrogens is 368 g/mol. The maximum atomic E-state index is 12.2. The van der Waals surface area contributed by atoms with Gasteiger partial charge in [-0.3, -0.25) is 4.79 Å². The van der Waals surface area contributed by atoms with Crippen LogP contribution in [-0.2, 0) is 4.74 Å². The van der Waals surface area contributed by atoms with E-state index in [2.05, 4.69) is 30.0 Å². The van der Waals surface area contributed by atoms with Gasteiger partial charge in [0.2, 0.25) is 4.74 Å². The molecule has 25 heavy (non-hydrogen) atoms. The highest BCUT2D eigenvalue weighted by atomic mass is 32.2. The minimum absolute atomic E-state index is 0.172. The minimum Gasteiger partial charge on any atom is -0.385 e. The molecule has 1 aliphatic rings. The number of methoxy groups -OCH3 is 1. The Kier molecular flexibility index (Phi) is 7.71. The number of rotatable bonds is 8. The first-order chi connectivity index (χ1) is 12.3. The number of unbranched alkanes of at least 4 members (excludes halogenated alkanes) is 2. The second-order valence-corrected chi connectivity index (χ2v) is 9.85. The van der Waals surface area contributed by atoms with E-state index in [4.69, 9.17) is 4.74 Å². The van der Waals surface area contributed by atoms with Crippen LogP contribution in [0, 0.1) is 0 Å². The van der Waals surface area contributed by atoms with E-state index in [0.717, 1.165) is 23.5 Å². The van der Waals surface area contributed by atoms with E-state index in [1.165, 1.54) is 64.4 Å². The number of hydrogen-bond donors (Lipinski definition) is 0. The summed E-state index contributed by atoms with van der Waals surface area (Å²) in [6.45, 7) is 0.842.